The number of benzene rings is 2. The maximum absolute atomic E-state index is 13.6. The molecular formula is C28H34FN7O. The highest BCUT2D eigenvalue weighted by Gasteiger charge is 2.35. The number of fused-ring (bicyclic) bond motifs is 1. The molecule has 2 aromatic heterocycles. The zero-order valence-electron chi connectivity index (χ0n) is 22.1. The predicted molar refractivity (Wildman–Crippen MR) is 144 cm³/mol. The summed E-state index contributed by atoms with van der Waals surface area (Å²) >= 11 is 0. The molecule has 0 bridgehead atoms. The van der Waals surface area contributed by atoms with Crippen LogP contribution in [0.3, 0.4) is 0 Å². The second-order valence-electron chi connectivity index (χ2n) is 10.5. The van der Waals surface area contributed by atoms with Gasteiger partial charge in [0.05, 0.1) is 11.1 Å². The summed E-state index contributed by atoms with van der Waals surface area (Å²) in [6, 6.07) is 12.3. The van der Waals surface area contributed by atoms with E-state index in [0.717, 1.165) is 47.2 Å². The Labute approximate surface area is 216 Å². The molecule has 4 aromatic rings. The maximum atomic E-state index is 13.6. The number of tetrazole rings is 1. The summed E-state index contributed by atoms with van der Waals surface area (Å²) in [4.78, 5) is 21.3. The van der Waals surface area contributed by atoms with Gasteiger partial charge in [0.2, 0.25) is 0 Å². The van der Waals surface area contributed by atoms with Gasteiger partial charge in [-0.2, -0.15) is 0 Å². The third kappa shape index (κ3) is 4.64. The lowest BCUT2D eigenvalue weighted by Crippen LogP contribution is -2.49. The summed E-state index contributed by atoms with van der Waals surface area (Å²) < 4.78 is 15.3. The SMILES string of the molecule is CCC(C)(C)n1nnnc1[C@H](c1cc2ccc(C)c(C)c2[nH]c1=O)N1CCN(c2ccc(F)cc2)CC1. The first-order valence-corrected chi connectivity index (χ1v) is 12.9. The van der Waals surface area contributed by atoms with Crippen molar-refractivity contribution in [2.24, 2.45) is 0 Å². The Morgan fingerprint density at radius 2 is 1.76 bits per heavy atom. The van der Waals surface area contributed by atoms with E-state index in [0.29, 0.717) is 24.5 Å². The van der Waals surface area contributed by atoms with Crippen molar-refractivity contribution in [2.45, 2.75) is 52.6 Å². The standard InChI is InChI=1S/C28H34FN7O/c1-6-28(4,5)36-26(31-32-33-36)25(23-17-20-8-7-18(2)19(3)24(20)30-27(23)37)35-15-13-34(14-16-35)22-11-9-21(29)10-12-22/h7-12,17,25H,6,13-16H2,1-5H3,(H,30,37)/t25-/m0/s1. The van der Waals surface area contributed by atoms with Crippen LogP contribution in [0.2, 0.25) is 0 Å². The molecule has 1 N–H and O–H groups in total. The molecule has 9 heteroatoms. The van der Waals surface area contributed by atoms with Crippen molar-refractivity contribution < 1.29 is 4.39 Å². The largest absolute Gasteiger partial charge is 0.369 e. The number of hydrogen-bond acceptors (Lipinski definition) is 6. The molecule has 0 saturated carbocycles. The Hall–Kier alpha value is -3.59. The van der Waals surface area contributed by atoms with Gasteiger partial charge < -0.3 is 9.88 Å². The van der Waals surface area contributed by atoms with Crippen LogP contribution in [0.5, 0.6) is 0 Å². The van der Waals surface area contributed by atoms with Gasteiger partial charge in [0, 0.05) is 37.4 Å². The first-order chi connectivity index (χ1) is 17.7. The molecule has 3 heterocycles. The summed E-state index contributed by atoms with van der Waals surface area (Å²) in [5.74, 6) is 0.421. The molecule has 1 fully saturated rings. The predicted octanol–water partition coefficient (Wildman–Crippen LogP) is 4.33. The molecule has 1 atom stereocenters. The normalized spacial score (nSPS) is 15.9. The fourth-order valence-electron chi connectivity index (χ4n) is 5.08. The van der Waals surface area contributed by atoms with E-state index in [1.807, 2.05) is 36.7 Å². The first-order valence-electron chi connectivity index (χ1n) is 12.9. The molecule has 0 unspecified atom stereocenters. The average molecular weight is 504 g/mol. The Morgan fingerprint density at radius 3 is 2.43 bits per heavy atom. The number of halogens is 1. The molecule has 1 saturated heterocycles. The van der Waals surface area contributed by atoms with Crippen LogP contribution >= 0.6 is 0 Å². The van der Waals surface area contributed by atoms with E-state index in [9.17, 15) is 9.18 Å². The number of aryl methyl sites for hydroxylation is 2. The third-order valence-electron chi connectivity index (χ3n) is 7.92. The molecule has 8 nitrogen and oxygen atoms in total. The van der Waals surface area contributed by atoms with Gasteiger partial charge in [-0.15, -0.1) is 5.10 Å². The van der Waals surface area contributed by atoms with Crippen molar-refractivity contribution >= 4 is 16.6 Å². The van der Waals surface area contributed by atoms with Crippen molar-refractivity contribution in [1.82, 2.24) is 30.1 Å². The molecule has 0 spiro atoms. The van der Waals surface area contributed by atoms with Crippen molar-refractivity contribution in [1.29, 1.82) is 0 Å². The average Bonchev–Trinajstić information content (AvgIpc) is 3.39. The second kappa shape index (κ2) is 9.70. The van der Waals surface area contributed by atoms with Gasteiger partial charge in [-0.3, -0.25) is 9.69 Å². The molecule has 1 aliphatic rings. The minimum absolute atomic E-state index is 0.129. The van der Waals surface area contributed by atoms with E-state index in [1.54, 1.807) is 0 Å². The lowest BCUT2D eigenvalue weighted by Gasteiger charge is -2.40. The van der Waals surface area contributed by atoms with E-state index in [4.69, 9.17) is 0 Å². The lowest BCUT2D eigenvalue weighted by atomic mass is 9.97. The van der Waals surface area contributed by atoms with Gasteiger partial charge in [0.15, 0.2) is 5.82 Å². The van der Waals surface area contributed by atoms with Crippen LogP contribution in [0, 0.1) is 19.7 Å². The minimum atomic E-state index is -0.411. The van der Waals surface area contributed by atoms with Crippen LogP contribution in [0.15, 0.2) is 47.3 Å². The molecule has 194 valence electrons. The van der Waals surface area contributed by atoms with Crippen molar-refractivity contribution in [3.8, 4) is 0 Å². The number of H-pyrrole nitrogens is 1. The first kappa shape index (κ1) is 25.1. The molecule has 2 aromatic carbocycles. The number of rotatable bonds is 6. The van der Waals surface area contributed by atoms with Crippen LogP contribution in [0.1, 0.15) is 55.7 Å². The number of aromatic amines is 1. The number of nitrogens with one attached hydrogen (secondary N) is 1. The molecule has 0 radical (unpaired) electrons. The summed E-state index contributed by atoms with van der Waals surface area (Å²) in [6.45, 7) is 13.3. The number of aromatic nitrogens is 5. The van der Waals surface area contributed by atoms with E-state index in [1.165, 1.54) is 12.1 Å². The second-order valence-corrected chi connectivity index (χ2v) is 10.5. The number of pyridine rings is 1. The monoisotopic (exact) mass is 503 g/mol. The maximum Gasteiger partial charge on any atom is 0.253 e. The van der Waals surface area contributed by atoms with E-state index >= 15 is 0 Å². The highest BCUT2D eigenvalue weighted by molar-refractivity contribution is 5.83. The van der Waals surface area contributed by atoms with E-state index in [-0.39, 0.29) is 16.9 Å². The number of anilines is 1. The van der Waals surface area contributed by atoms with Gasteiger partial charge >= 0.3 is 0 Å². The van der Waals surface area contributed by atoms with Crippen LogP contribution < -0.4 is 10.5 Å². The fraction of sp³-hybridized carbons (Fsp3) is 0.429. The van der Waals surface area contributed by atoms with Gasteiger partial charge in [-0.1, -0.05) is 19.1 Å². The number of nitrogens with zero attached hydrogens (tertiary/aromatic N) is 6. The van der Waals surface area contributed by atoms with Crippen LogP contribution in [0.25, 0.3) is 10.9 Å². The topological polar surface area (TPSA) is 82.9 Å². The molecule has 0 aliphatic carbocycles. The summed E-state index contributed by atoms with van der Waals surface area (Å²) in [6.07, 6.45) is 0.836. The van der Waals surface area contributed by atoms with Crippen LogP contribution in [0.4, 0.5) is 10.1 Å². The van der Waals surface area contributed by atoms with Gasteiger partial charge in [0.25, 0.3) is 5.56 Å². The van der Waals surface area contributed by atoms with Gasteiger partial charge in [0.1, 0.15) is 11.9 Å². The van der Waals surface area contributed by atoms with Crippen LogP contribution in [-0.4, -0.2) is 56.3 Å². The van der Waals surface area contributed by atoms with E-state index in [2.05, 4.69) is 63.2 Å². The van der Waals surface area contributed by atoms with Crippen molar-refractivity contribution in [3.63, 3.8) is 0 Å². The van der Waals surface area contributed by atoms with E-state index < -0.39 is 6.04 Å². The van der Waals surface area contributed by atoms with Gasteiger partial charge in [-0.25, -0.2) is 9.07 Å². The fourth-order valence-corrected chi connectivity index (χ4v) is 5.08. The summed E-state index contributed by atoms with van der Waals surface area (Å²) in [5, 5.41) is 13.9. The Kier molecular flexibility index (Phi) is 6.58. The highest BCUT2D eigenvalue weighted by Crippen LogP contribution is 2.32. The van der Waals surface area contributed by atoms with Crippen molar-refractivity contribution in [3.05, 3.63) is 81.2 Å². The van der Waals surface area contributed by atoms with Gasteiger partial charge in [-0.05, 0) is 91.4 Å². The Bertz CT molecular complexity index is 1470. The number of piperazine rings is 1. The third-order valence-corrected chi connectivity index (χ3v) is 7.92. The highest BCUT2D eigenvalue weighted by atomic mass is 19.1. The quantitative estimate of drug-likeness (QED) is 0.422. The Balaban J connectivity index is 1.57. The molecule has 1 aliphatic heterocycles. The summed E-state index contributed by atoms with van der Waals surface area (Å²) in [7, 11) is 0. The minimum Gasteiger partial charge on any atom is -0.369 e. The molecule has 0 amide bonds. The lowest BCUT2D eigenvalue weighted by molar-refractivity contribution is 0.186. The molecule has 37 heavy (non-hydrogen) atoms. The zero-order valence-corrected chi connectivity index (χ0v) is 22.1. The zero-order chi connectivity index (χ0) is 26.3. The molecular weight excluding hydrogens is 469 g/mol. The molecule has 5 rings (SSSR count). The number of hydrogen-bond donors (Lipinski definition) is 1. The Morgan fingerprint density at radius 1 is 1.05 bits per heavy atom. The smallest absolute Gasteiger partial charge is 0.253 e. The van der Waals surface area contributed by atoms with Crippen molar-refractivity contribution in [2.75, 3.05) is 31.1 Å². The summed E-state index contributed by atoms with van der Waals surface area (Å²) in [5.41, 5.74) is 4.25. The van der Waals surface area contributed by atoms with Crippen LogP contribution in [-0.2, 0) is 5.54 Å².